The molecule has 2 rings (SSSR count). The summed E-state index contributed by atoms with van der Waals surface area (Å²) < 4.78 is 0.883. The molecule has 1 heterocycles. The smallest absolute Gasteiger partial charge is 0.292 e. The molecular formula is C11H10BrN5O2S. The van der Waals surface area contributed by atoms with Crippen molar-refractivity contribution in [2.24, 2.45) is 5.84 Å². The first kappa shape index (κ1) is 14.7. The van der Waals surface area contributed by atoms with Crippen LogP contribution in [0.15, 0.2) is 38.7 Å². The van der Waals surface area contributed by atoms with Crippen molar-refractivity contribution in [3.63, 3.8) is 0 Å². The topological polar surface area (TPSA) is 107 Å². The lowest BCUT2D eigenvalue weighted by Gasteiger charge is -2.07. The maximum absolute atomic E-state index is 11.2. The molecule has 0 fully saturated rings. The van der Waals surface area contributed by atoms with Crippen molar-refractivity contribution in [2.45, 2.75) is 16.8 Å². The van der Waals surface area contributed by atoms with Crippen LogP contribution in [0.3, 0.4) is 0 Å². The summed E-state index contributed by atoms with van der Waals surface area (Å²) >= 11 is 4.54. The van der Waals surface area contributed by atoms with E-state index in [0.29, 0.717) is 0 Å². The number of halogens is 1. The summed E-state index contributed by atoms with van der Waals surface area (Å²) in [6.45, 7) is 1.55. The van der Waals surface area contributed by atoms with E-state index in [1.165, 1.54) is 11.8 Å². The van der Waals surface area contributed by atoms with E-state index in [0.717, 1.165) is 9.37 Å². The van der Waals surface area contributed by atoms with Crippen molar-refractivity contribution in [2.75, 3.05) is 5.43 Å². The summed E-state index contributed by atoms with van der Waals surface area (Å²) in [5, 5.41) is 11.4. The molecule has 0 saturated carbocycles. The lowest BCUT2D eigenvalue weighted by Crippen LogP contribution is -2.12. The number of nitrogens with two attached hydrogens (primary N) is 1. The van der Waals surface area contributed by atoms with E-state index in [4.69, 9.17) is 5.84 Å². The van der Waals surface area contributed by atoms with Gasteiger partial charge in [-0.2, -0.15) is 4.98 Å². The van der Waals surface area contributed by atoms with E-state index < -0.39 is 4.92 Å². The number of nitro groups is 1. The maximum atomic E-state index is 11.2. The Balaban J connectivity index is 2.48. The third-order valence-corrected chi connectivity index (χ3v) is 3.81. The van der Waals surface area contributed by atoms with Gasteiger partial charge in [0.25, 0.3) is 0 Å². The van der Waals surface area contributed by atoms with Crippen LogP contribution in [-0.4, -0.2) is 14.9 Å². The molecule has 0 spiro atoms. The predicted molar refractivity (Wildman–Crippen MR) is 79.5 cm³/mol. The molecule has 1 aromatic heterocycles. The molecule has 0 aliphatic carbocycles. The molecule has 0 unspecified atom stereocenters. The second kappa shape index (κ2) is 6.16. The van der Waals surface area contributed by atoms with Gasteiger partial charge in [0, 0.05) is 9.37 Å². The predicted octanol–water partition coefficient (Wildman–Crippen LogP) is 2.89. The van der Waals surface area contributed by atoms with Gasteiger partial charge in [0.2, 0.25) is 5.95 Å². The Morgan fingerprint density at radius 3 is 2.80 bits per heavy atom. The fourth-order valence-corrected chi connectivity index (χ4v) is 3.09. The third kappa shape index (κ3) is 3.24. The zero-order valence-corrected chi connectivity index (χ0v) is 12.7. The van der Waals surface area contributed by atoms with E-state index in [9.17, 15) is 10.1 Å². The van der Waals surface area contributed by atoms with Crippen LogP contribution >= 0.6 is 27.7 Å². The first-order chi connectivity index (χ1) is 9.51. The van der Waals surface area contributed by atoms with Gasteiger partial charge in [0.1, 0.15) is 5.69 Å². The maximum Gasteiger partial charge on any atom is 0.322 e. The molecule has 2 aromatic rings. The quantitative estimate of drug-likeness (QED) is 0.375. The number of anilines is 1. The molecule has 1 aromatic carbocycles. The normalized spacial score (nSPS) is 10.3. The van der Waals surface area contributed by atoms with Crippen molar-refractivity contribution in [1.82, 2.24) is 9.97 Å². The van der Waals surface area contributed by atoms with Crippen molar-refractivity contribution in [3.8, 4) is 0 Å². The highest BCUT2D eigenvalue weighted by Crippen LogP contribution is 2.36. The number of hydrazine groups is 1. The van der Waals surface area contributed by atoms with Crippen LogP contribution < -0.4 is 11.3 Å². The average molecular weight is 356 g/mol. The molecule has 3 N–H and O–H groups in total. The number of aromatic nitrogens is 2. The minimum Gasteiger partial charge on any atom is -0.292 e. The molecule has 0 bridgehead atoms. The molecule has 9 heteroatoms. The molecule has 104 valence electrons. The molecule has 20 heavy (non-hydrogen) atoms. The van der Waals surface area contributed by atoms with Crippen LogP contribution in [0.1, 0.15) is 5.69 Å². The van der Waals surface area contributed by atoms with Crippen LogP contribution in [0.5, 0.6) is 0 Å². The summed E-state index contributed by atoms with van der Waals surface area (Å²) in [5.74, 6) is 5.41. The zero-order chi connectivity index (χ0) is 14.7. The highest BCUT2D eigenvalue weighted by molar-refractivity contribution is 9.10. The number of nitrogen functional groups attached to an aromatic ring is 1. The van der Waals surface area contributed by atoms with Gasteiger partial charge >= 0.3 is 5.69 Å². The van der Waals surface area contributed by atoms with Gasteiger partial charge in [-0.15, -0.1) is 0 Å². The Morgan fingerprint density at radius 2 is 2.20 bits per heavy atom. The van der Waals surface area contributed by atoms with E-state index in [1.807, 2.05) is 24.3 Å². The third-order valence-electron chi connectivity index (χ3n) is 2.35. The van der Waals surface area contributed by atoms with Crippen LogP contribution in [0.4, 0.5) is 11.6 Å². The van der Waals surface area contributed by atoms with Gasteiger partial charge in [-0.05, 0) is 25.1 Å². The SMILES string of the molecule is Cc1nc(NN)nc(Sc2cccc(Br)c2)c1[N+](=O)[O-]. The molecule has 0 saturated heterocycles. The summed E-state index contributed by atoms with van der Waals surface area (Å²) in [7, 11) is 0. The Bertz CT molecular complexity index is 667. The number of rotatable bonds is 4. The number of benzene rings is 1. The van der Waals surface area contributed by atoms with E-state index in [-0.39, 0.29) is 22.4 Å². The van der Waals surface area contributed by atoms with Crippen LogP contribution in [0.2, 0.25) is 0 Å². The van der Waals surface area contributed by atoms with Gasteiger partial charge in [-0.1, -0.05) is 33.8 Å². The van der Waals surface area contributed by atoms with Crippen molar-refractivity contribution in [3.05, 3.63) is 44.5 Å². The summed E-state index contributed by atoms with van der Waals surface area (Å²) in [6.07, 6.45) is 0. The number of aryl methyl sites for hydroxylation is 1. The molecule has 0 amide bonds. The Kier molecular flexibility index (Phi) is 4.53. The van der Waals surface area contributed by atoms with Gasteiger partial charge in [-0.3, -0.25) is 15.5 Å². The molecule has 0 aliphatic rings. The van der Waals surface area contributed by atoms with Gasteiger partial charge in [-0.25, -0.2) is 10.8 Å². The zero-order valence-electron chi connectivity index (χ0n) is 10.3. The lowest BCUT2D eigenvalue weighted by molar-refractivity contribution is -0.389. The number of nitrogens with one attached hydrogen (secondary N) is 1. The van der Waals surface area contributed by atoms with Gasteiger partial charge in [0.05, 0.1) is 4.92 Å². The van der Waals surface area contributed by atoms with Crippen LogP contribution in [0.25, 0.3) is 0 Å². The fraction of sp³-hybridized carbons (Fsp3) is 0.0909. The number of hydrogen-bond acceptors (Lipinski definition) is 7. The molecule has 0 radical (unpaired) electrons. The second-order valence-corrected chi connectivity index (χ2v) is 5.73. The standard InChI is InChI=1S/C11H10BrN5O2S/c1-6-9(17(18)19)10(15-11(14-6)16-13)20-8-4-2-3-7(12)5-8/h2-5H,13H2,1H3,(H,14,15,16). The average Bonchev–Trinajstić information content (AvgIpc) is 2.37. The van der Waals surface area contributed by atoms with Crippen molar-refractivity contribution in [1.29, 1.82) is 0 Å². The molecule has 0 atom stereocenters. The Hall–Kier alpha value is -1.71. The van der Waals surface area contributed by atoms with E-state index in [1.54, 1.807) is 6.92 Å². The summed E-state index contributed by atoms with van der Waals surface area (Å²) in [5.41, 5.74) is 2.45. The van der Waals surface area contributed by atoms with Crippen LogP contribution in [0, 0.1) is 17.0 Å². The number of hydrogen-bond donors (Lipinski definition) is 2. The van der Waals surface area contributed by atoms with Crippen molar-refractivity contribution < 1.29 is 4.92 Å². The van der Waals surface area contributed by atoms with E-state index >= 15 is 0 Å². The number of nitrogens with zero attached hydrogens (tertiary/aromatic N) is 3. The molecule has 0 aliphatic heterocycles. The summed E-state index contributed by atoms with van der Waals surface area (Å²) in [6, 6.07) is 7.40. The molecular weight excluding hydrogens is 346 g/mol. The first-order valence-electron chi connectivity index (χ1n) is 5.44. The highest BCUT2D eigenvalue weighted by Gasteiger charge is 2.22. The summed E-state index contributed by atoms with van der Waals surface area (Å²) in [4.78, 5) is 19.5. The minimum atomic E-state index is -0.490. The Morgan fingerprint density at radius 1 is 1.45 bits per heavy atom. The second-order valence-electron chi connectivity index (χ2n) is 3.75. The van der Waals surface area contributed by atoms with E-state index in [2.05, 4.69) is 31.3 Å². The Labute approximate surface area is 127 Å². The largest absolute Gasteiger partial charge is 0.322 e. The first-order valence-corrected chi connectivity index (χ1v) is 7.05. The highest BCUT2D eigenvalue weighted by atomic mass is 79.9. The lowest BCUT2D eigenvalue weighted by atomic mass is 10.4. The van der Waals surface area contributed by atoms with Crippen LogP contribution in [-0.2, 0) is 0 Å². The van der Waals surface area contributed by atoms with Gasteiger partial charge < -0.3 is 0 Å². The van der Waals surface area contributed by atoms with Gasteiger partial charge in [0.15, 0.2) is 5.03 Å². The fourth-order valence-electron chi connectivity index (χ4n) is 1.53. The van der Waals surface area contributed by atoms with Crippen molar-refractivity contribution >= 4 is 39.3 Å². The monoisotopic (exact) mass is 355 g/mol. The molecule has 7 nitrogen and oxygen atoms in total. The minimum absolute atomic E-state index is 0.117.